The average Bonchev–Trinajstić information content (AvgIpc) is 3.17. The molecule has 2 heterocycles. The molecule has 0 saturated carbocycles. The van der Waals surface area contributed by atoms with Crippen molar-refractivity contribution in [2.45, 2.75) is 5.92 Å². The lowest BCUT2D eigenvalue weighted by Crippen LogP contribution is -2.31. The summed E-state index contributed by atoms with van der Waals surface area (Å²) in [6.45, 7) is 0.431. The zero-order chi connectivity index (χ0) is 19.8. The van der Waals surface area contributed by atoms with Crippen LogP contribution in [0.25, 0.3) is 10.9 Å². The van der Waals surface area contributed by atoms with Crippen LogP contribution < -0.4 is 5.56 Å². The van der Waals surface area contributed by atoms with Crippen LogP contribution in [0.4, 0.5) is 0 Å². The molecule has 2 aromatic carbocycles. The minimum absolute atomic E-state index is 0.122. The molecule has 1 amide bonds. The van der Waals surface area contributed by atoms with Crippen LogP contribution in [0.2, 0.25) is 0 Å². The highest BCUT2D eigenvalue weighted by molar-refractivity contribution is 6.06. The third kappa shape index (κ3) is 2.97. The first-order valence-corrected chi connectivity index (χ1v) is 9.13. The van der Waals surface area contributed by atoms with E-state index >= 15 is 0 Å². The number of carboxylic acid groups (broad SMARTS) is 1. The molecule has 6 heteroatoms. The first-order valence-electron chi connectivity index (χ1n) is 9.13. The van der Waals surface area contributed by atoms with Gasteiger partial charge >= 0.3 is 5.97 Å². The molecule has 2 atom stereocenters. The van der Waals surface area contributed by atoms with E-state index < -0.39 is 11.9 Å². The van der Waals surface area contributed by atoms with Crippen LogP contribution in [0.1, 0.15) is 21.8 Å². The summed E-state index contributed by atoms with van der Waals surface area (Å²) >= 11 is 0. The smallest absolute Gasteiger partial charge is 0.308 e. The maximum atomic E-state index is 13.3. The van der Waals surface area contributed by atoms with Crippen LogP contribution in [0.5, 0.6) is 0 Å². The highest BCUT2D eigenvalue weighted by atomic mass is 16.4. The van der Waals surface area contributed by atoms with E-state index in [4.69, 9.17) is 0 Å². The summed E-state index contributed by atoms with van der Waals surface area (Å²) < 4.78 is 1.50. The average molecular weight is 376 g/mol. The molecule has 1 N–H and O–H groups in total. The third-order valence-electron chi connectivity index (χ3n) is 5.54. The van der Waals surface area contributed by atoms with Gasteiger partial charge in [0.2, 0.25) is 0 Å². The minimum Gasteiger partial charge on any atom is -0.481 e. The number of amides is 1. The number of carboxylic acids is 1. The second-order valence-electron chi connectivity index (χ2n) is 7.14. The Labute approximate surface area is 161 Å². The van der Waals surface area contributed by atoms with E-state index in [1.165, 1.54) is 10.6 Å². The van der Waals surface area contributed by atoms with Crippen LogP contribution in [0.3, 0.4) is 0 Å². The van der Waals surface area contributed by atoms with Gasteiger partial charge in [0.15, 0.2) is 0 Å². The van der Waals surface area contributed by atoms with E-state index in [0.29, 0.717) is 23.0 Å². The van der Waals surface area contributed by atoms with E-state index in [-0.39, 0.29) is 23.9 Å². The van der Waals surface area contributed by atoms with Gasteiger partial charge in [0, 0.05) is 37.5 Å². The van der Waals surface area contributed by atoms with Crippen LogP contribution in [0.15, 0.2) is 65.5 Å². The Morgan fingerprint density at radius 2 is 1.68 bits per heavy atom. The number of hydrogen-bond donors (Lipinski definition) is 1. The predicted molar refractivity (Wildman–Crippen MR) is 105 cm³/mol. The van der Waals surface area contributed by atoms with Gasteiger partial charge in [0.25, 0.3) is 11.5 Å². The van der Waals surface area contributed by atoms with Crippen LogP contribution in [0, 0.1) is 5.92 Å². The normalized spacial score (nSPS) is 19.1. The zero-order valence-corrected chi connectivity index (χ0v) is 15.4. The minimum atomic E-state index is -0.919. The van der Waals surface area contributed by atoms with Crippen molar-refractivity contribution in [2.75, 3.05) is 13.1 Å². The van der Waals surface area contributed by atoms with Gasteiger partial charge in [0.05, 0.1) is 17.0 Å². The van der Waals surface area contributed by atoms with Crippen molar-refractivity contribution in [3.8, 4) is 0 Å². The summed E-state index contributed by atoms with van der Waals surface area (Å²) in [5, 5.41) is 10.4. The second-order valence-corrected chi connectivity index (χ2v) is 7.14. The Morgan fingerprint density at radius 1 is 1.00 bits per heavy atom. The molecule has 1 aliphatic heterocycles. The van der Waals surface area contributed by atoms with E-state index in [9.17, 15) is 19.5 Å². The Balaban J connectivity index is 1.74. The highest BCUT2D eigenvalue weighted by Gasteiger charge is 2.41. The van der Waals surface area contributed by atoms with Crippen molar-refractivity contribution < 1.29 is 14.7 Å². The quantitative estimate of drug-likeness (QED) is 0.762. The molecule has 3 aromatic rings. The van der Waals surface area contributed by atoms with Crippen LogP contribution in [-0.2, 0) is 11.8 Å². The Morgan fingerprint density at radius 3 is 2.39 bits per heavy atom. The van der Waals surface area contributed by atoms with Crippen LogP contribution in [-0.4, -0.2) is 39.5 Å². The number of fused-ring (bicyclic) bond motifs is 1. The van der Waals surface area contributed by atoms with Gasteiger partial charge in [-0.05, 0) is 11.6 Å². The molecule has 1 aromatic heterocycles. The number of nitrogens with zero attached hydrogens (tertiary/aromatic N) is 2. The van der Waals surface area contributed by atoms with E-state index in [1.807, 2.05) is 42.5 Å². The van der Waals surface area contributed by atoms with Crippen molar-refractivity contribution in [1.29, 1.82) is 0 Å². The molecule has 4 rings (SSSR count). The van der Waals surface area contributed by atoms with E-state index in [0.717, 1.165) is 5.56 Å². The molecule has 0 spiro atoms. The topological polar surface area (TPSA) is 79.6 Å². The second kappa shape index (κ2) is 6.96. The number of carbonyl (C=O) groups excluding carboxylic acids is 1. The summed E-state index contributed by atoms with van der Waals surface area (Å²) in [5.74, 6) is -2.18. The highest BCUT2D eigenvalue weighted by Crippen LogP contribution is 2.34. The SMILES string of the molecule is Cn1c(=O)cc(C(=O)N2C[C@@H](C(=O)O)[C@H](c3ccccc3)C2)c2ccccc21. The number of carbonyl (C=O) groups is 2. The molecule has 1 saturated heterocycles. The third-order valence-corrected chi connectivity index (χ3v) is 5.54. The van der Waals surface area contributed by atoms with E-state index in [1.54, 1.807) is 24.1 Å². The maximum Gasteiger partial charge on any atom is 0.308 e. The van der Waals surface area contributed by atoms with Crippen molar-refractivity contribution in [3.05, 3.63) is 82.1 Å². The van der Waals surface area contributed by atoms with Gasteiger partial charge in [-0.2, -0.15) is 0 Å². The van der Waals surface area contributed by atoms with Crippen molar-refractivity contribution in [1.82, 2.24) is 9.47 Å². The van der Waals surface area contributed by atoms with Gasteiger partial charge in [-0.1, -0.05) is 48.5 Å². The molecule has 0 aliphatic carbocycles. The monoisotopic (exact) mass is 376 g/mol. The van der Waals surface area contributed by atoms with Gasteiger partial charge in [0.1, 0.15) is 0 Å². The van der Waals surface area contributed by atoms with Gasteiger partial charge in [-0.25, -0.2) is 0 Å². The lowest BCUT2D eigenvalue weighted by Gasteiger charge is -2.18. The number of aliphatic carboxylic acids is 1. The summed E-state index contributed by atoms with van der Waals surface area (Å²) in [6, 6.07) is 18.0. The number of hydrogen-bond acceptors (Lipinski definition) is 3. The largest absolute Gasteiger partial charge is 0.481 e. The summed E-state index contributed by atoms with van der Waals surface area (Å²) in [7, 11) is 1.67. The standard InChI is InChI=1S/C22H20N2O4/c1-23-19-10-6-5-9-15(19)16(11-20(23)25)21(26)24-12-17(18(13-24)22(27)28)14-7-3-2-4-8-14/h2-11,17-18H,12-13H2,1H3,(H,27,28)/t17-,18+/m0/s1. The van der Waals surface area contributed by atoms with Crippen molar-refractivity contribution in [3.63, 3.8) is 0 Å². The number of aromatic nitrogens is 1. The molecular weight excluding hydrogens is 356 g/mol. The molecular formula is C22H20N2O4. The summed E-state index contributed by atoms with van der Waals surface area (Å²) in [4.78, 5) is 38.9. The molecule has 0 bridgehead atoms. The van der Waals surface area contributed by atoms with E-state index in [2.05, 4.69) is 0 Å². The van der Waals surface area contributed by atoms with Gasteiger partial charge in [-0.3, -0.25) is 14.4 Å². The molecule has 28 heavy (non-hydrogen) atoms. The number of pyridine rings is 1. The number of likely N-dealkylation sites (tertiary alicyclic amines) is 1. The zero-order valence-electron chi connectivity index (χ0n) is 15.4. The fourth-order valence-electron chi connectivity index (χ4n) is 4.02. The molecule has 142 valence electrons. The first kappa shape index (κ1) is 18.0. The number of para-hydroxylation sites is 1. The lowest BCUT2D eigenvalue weighted by atomic mass is 9.89. The molecule has 6 nitrogen and oxygen atoms in total. The first-order chi connectivity index (χ1) is 13.5. The Bertz CT molecular complexity index is 1120. The predicted octanol–water partition coefficient (Wildman–Crippen LogP) is 2.48. The molecule has 0 unspecified atom stereocenters. The molecule has 0 radical (unpaired) electrons. The molecule has 1 fully saturated rings. The van der Waals surface area contributed by atoms with Gasteiger partial charge < -0.3 is 14.6 Å². The fraction of sp³-hybridized carbons (Fsp3) is 0.227. The number of aryl methyl sites for hydroxylation is 1. The summed E-state index contributed by atoms with van der Waals surface area (Å²) in [5.41, 5.74) is 1.62. The van der Waals surface area contributed by atoms with Crippen molar-refractivity contribution in [2.24, 2.45) is 13.0 Å². The number of rotatable bonds is 3. The maximum absolute atomic E-state index is 13.3. The molecule has 1 aliphatic rings. The van der Waals surface area contributed by atoms with Gasteiger partial charge in [-0.15, -0.1) is 0 Å². The summed E-state index contributed by atoms with van der Waals surface area (Å²) in [6.07, 6.45) is 0. The van der Waals surface area contributed by atoms with Crippen LogP contribution >= 0.6 is 0 Å². The fourth-order valence-corrected chi connectivity index (χ4v) is 4.02. The lowest BCUT2D eigenvalue weighted by molar-refractivity contribution is -0.141. The number of benzene rings is 2. The Hall–Kier alpha value is -3.41. The Kier molecular flexibility index (Phi) is 4.47. The van der Waals surface area contributed by atoms with Crippen molar-refractivity contribution >= 4 is 22.8 Å².